The summed E-state index contributed by atoms with van der Waals surface area (Å²) in [7, 11) is 0. The molecule has 0 bridgehead atoms. The molecule has 0 amide bonds. The molecule has 5 heteroatoms. The summed E-state index contributed by atoms with van der Waals surface area (Å²) in [6, 6.07) is 9.70. The molecule has 2 rings (SSSR count). The molecule has 2 N–H and O–H groups in total. The van der Waals surface area contributed by atoms with Crippen LogP contribution in [-0.2, 0) is 6.54 Å². The van der Waals surface area contributed by atoms with Gasteiger partial charge in [0.2, 0.25) is 0 Å². The third kappa shape index (κ3) is 3.01. The molecule has 0 aliphatic carbocycles. The summed E-state index contributed by atoms with van der Waals surface area (Å²) >= 11 is 3.40. The maximum atomic E-state index is 5.61. The molecular formula is C12H12BrN3O. The molecule has 2 aromatic rings. The minimum atomic E-state index is 0.317. The van der Waals surface area contributed by atoms with Crippen LogP contribution in [0.5, 0.6) is 11.8 Å². The molecule has 0 spiro atoms. The lowest BCUT2D eigenvalue weighted by molar-refractivity contribution is 0.435. The van der Waals surface area contributed by atoms with Gasteiger partial charge in [-0.25, -0.2) is 4.98 Å². The molecule has 1 heterocycles. The normalized spacial score (nSPS) is 10.3. The Kier molecular flexibility index (Phi) is 3.71. The van der Waals surface area contributed by atoms with Crippen LogP contribution in [0.3, 0.4) is 0 Å². The Morgan fingerprint density at radius 3 is 2.76 bits per heavy atom. The van der Waals surface area contributed by atoms with Crippen LogP contribution in [0.1, 0.15) is 11.4 Å². The Balaban J connectivity index is 2.30. The van der Waals surface area contributed by atoms with Gasteiger partial charge in [0.05, 0.1) is 10.2 Å². The molecular weight excluding hydrogens is 282 g/mol. The first kappa shape index (κ1) is 12.0. The van der Waals surface area contributed by atoms with Crippen LogP contribution in [0.2, 0.25) is 0 Å². The van der Waals surface area contributed by atoms with E-state index in [1.165, 1.54) is 0 Å². The highest BCUT2D eigenvalue weighted by molar-refractivity contribution is 9.10. The van der Waals surface area contributed by atoms with Crippen LogP contribution in [0.15, 0.2) is 34.8 Å². The van der Waals surface area contributed by atoms with Gasteiger partial charge in [-0.15, -0.1) is 0 Å². The number of para-hydroxylation sites is 1. The van der Waals surface area contributed by atoms with E-state index in [1.54, 1.807) is 0 Å². The second-order valence-corrected chi connectivity index (χ2v) is 4.37. The van der Waals surface area contributed by atoms with Crippen molar-refractivity contribution in [3.05, 3.63) is 46.2 Å². The largest absolute Gasteiger partial charge is 0.423 e. The summed E-state index contributed by atoms with van der Waals surface area (Å²) in [4.78, 5) is 8.42. The number of halogens is 1. The molecule has 0 aliphatic rings. The maximum absolute atomic E-state index is 5.61. The Morgan fingerprint density at radius 2 is 2.06 bits per heavy atom. The summed E-state index contributed by atoms with van der Waals surface area (Å²) in [5, 5.41) is 0. The topological polar surface area (TPSA) is 61.0 Å². The maximum Gasteiger partial charge on any atom is 0.322 e. The van der Waals surface area contributed by atoms with E-state index in [2.05, 4.69) is 25.9 Å². The smallest absolute Gasteiger partial charge is 0.322 e. The van der Waals surface area contributed by atoms with Crippen molar-refractivity contribution >= 4 is 15.9 Å². The van der Waals surface area contributed by atoms with E-state index in [4.69, 9.17) is 10.5 Å². The van der Waals surface area contributed by atoms with Crippen molar-refractivity contribution in [2.45, 2.75) is 13.5 Å². The van der Waals surface area contributed by atoms with Crippen molar-refractivity contribution < 1.29 is 4.74 Å². The van der Waals surface area contributed by atoms with Gasteiger partial charge in [0.1, 0.15) is 5.75 Å². The zero-order chi connectivity index (χ0) is 12.3. The molecule has 17 heavy (non-hydrogen) atoms. The van der Waals surface area contributed by atoms with Gasteiger partial charge in [0.25, 0.3) is 0 Å². The second kappa shape index (κ2) is 5.25. The first-order valence-electron chi connectivity index (χ1n) is 5.16. The third-order valence-corrected chi connectivity index (χ3v) is 2.79. The van der Waals surface area contributed by atoms with Gasteiger partial charge in [-0.2, -0.15) is 4.98 Å². The zero-order valence-corrected chi connectivity index (χ0v) is 10.9. The molecule has 0 unspecified atom stereocenters. The van der Waals surface area contributed by atoms with E-state index in [1.807, 2.05) is 37.3 Å². The quantitative estimate of drug-likeness (QED) is 0.945. The number of aryl methyl sites for hydroxylation is 1. The van der Waals surface area contributed by atoms with E-state index in [9.17, 15) is 0 Å². The summed E-state index contributed by atoms with van der Waals surface area (Å²) in [5.74, 6) is 0.682. The predicted molar refractivity (Wildman–Crippen MR) is 68.9 cm³/mol. The molecule has 88 valence electrons. The second-order valence-electron chi connectivity index (χ2n) is 3.52. The van der Waals surface area contributed by atoms with Gasteiger partial charge in [0.15, 0.2) is 0 Å². The van der Waals surface area contributed by atoms with Crippen molar-refractivity contribution in [3.8, 4) is 11.8 Å². The van der Waals surface area contributed by atoms with E-state index in [-0.39, 0.29) is 0 Å². The summed E-state index contributed by atoms with van der Waals surface area (Å²) in [6.45, 7) is 2.25. The lowest BCUT2D eigenvalue weighted by Gasteiger charge is -2.07. The van der Waals surface area contributed by atoms with Crippen LogP contribution in [0.4, 0.5) is 0 Å². The third-order valence-electron chi connectivity index (χ3n) is 2.13. The Labute approximate surface area is 108 Å². The minimum absolute atomic E-state index is 0.317. The number of aromatic nitrogens is 2. The van der Waals surface area contributed by atoms with Crippen LogP contribution < -0.4 is 10.5 Å². The molecule has 0 atom stereocenters. The average Bonchev–Trinajstić information content (AvgIpc) is 2.31. The van der Waals surface area contributed by atoms with Gasteiger partial charge in [-0.1, -0.05) is 12.1 Å². The van der Waals surface area contributed by atoms with Gasteiger partial charge in [-0.3, -0.25) is 0 Å². The average molecular weight is 294 g/mol. The van der Waals surface area contributed by atoms with E-state index < -0.39 is 0 Å². The highest BCUT2D eigenvalue weighted by Crippen LogP contribution is 2.27. The first-order valence-corrected chi connectivity index (χ1v) is 5.95. The number of ether oxygens (including phenoxy) is 1. The molecule has 0 radical (unpaired) electrons. The highest BCUT2D eigenvalue weighted by Gasteiger charge is 2.06. The van der Waals surface area contributed by atoms with Gasteiger partial charge in [0, 0.05) is 12.2 Å². The summed E-state index contributed by atoms with van der Waals surface area (Å²) in [5.41, 5.74) is 7.15. The number of nitrogens with two attached hydrogens (primary N) is 1. The zero-order valence-electron chi connectivity index (χ0n) is 9.35. The number of hydrogen-bond acceptors (Lipinski definition) is 4. The van der Waals surface area contributed by atoms with Crippen molar-refractivity contribution in [2.24, 2.45) is 5.73 Å². The Morgan fingerprint density at radius 1 is 1.29 bits per heavy atom. The standard InChI is InChI=1S/C12H12BrN3O/c1-8-6-9(7-14)16-12(15-8)17-11-5-3-2-4-10(11)13/h2-6H,7,14H2,1H3. The SMILES string of the molecule is Cc1cc(CN)nc(Oc2ccccc2Br)n1. The summed E-state index contributed by atoms with van der Waals surface area (Å²) < 4.78 is 6.47. The summed E-state index contributed by atoms with van der Waals surface area (Å²) in [6.07, 6.45) is 0. The molecule has 0 fully saturated rings. The fourth-order valence-corrected chi connectivity index (χ4v) is 1.75. The Bertz CT molecular complexity index is 531. The molecule has 0 aliphatic heterocycles. The molecule has 0 saturated carbocycles. The van der Waals surface area contributed by atoms with Crippen molar-refractivity contribution in [1.29, 1.82) is 0 Å². The van der Waals surface area contributed by atoms with Crippen LogP contribution in [0, 0.1) is 6.92 Å². The Hall–Kier alpha value is -1.46. The van der Waals surface area contributed by atoms with E-state index in [0.717, 1.165) is 15.9 Å². The van der Waals surface area contributed by atoms with E-state index >= 15 is 0 Å². The van der Waals surface area contributed by atoms with Crippen molar-refractivity contribution in [2.75, 3.05) is 0 Å². The van der Waals surface area contributed by atoms with Gasteiger partial charge in [-0.05, 0) is 41.1 Å². The number of benzene rings is 1. The monoisotopic (exact) mass is 293 g/mol. The fraction of sp³-hybridized carbons (Fsp3) is 0.167. The molecule has 0 saturated heterocycles. The predicted octanol–water partition coefficient (Wildman–Crippen LogP) is 2.80. The number of rotatable bonds is 3. The van der Waals surface area contributed by atoms with Gasteiger partial charge >= 0.3 is 6.01 Å². The van der Waals surface area contributed by atoms with Gasteiger partial charge < -0.3 is 10.5 Å². The molecule has 4 nitrogen and oxygen atoms in total. The number of nitrogens with zero attached hydrogens (tertiary/aromatic N) is 2. The van der Waals surface area contributed by atoms with Crippen molar-refractivity contribution in [3.63, 3.8) is 0 Å². The number of hydrogen-bond donors (Lipinski definition) is 1. The molecule has 1 aromatic carbocycles. The molecule has 1 aromatic heterocycles. The van der Waals surface area contributed by atoms with E-state index in [0.29, 0.717) is 18.3 Å². The fourth-order valence-electron chi connectivity index (χ4n) is 1.38. The lowest BCUT2D eigenvalue weighted by atomic mass is 10.3. The van der Waals surface area contributed by atoms with Crippen molar-refractivity contribution in [1.82, 2.24) is 9.97 Å². The first-order chi connectivity index (χ1) is 8.19. The lowest BCUT2D eigenvalue weighted by Crippen LogP contribution is -2.03. The van der Waals surface area contributed by atoms with Crippen LogP contribution in [0.25, 0.3) is 0 Å². The van der Waals surface area contributed by atoms with Crippen LogP contribution in [-0.4, -0.2) is 9.97 Å². The highest BCUT2D eigenvalue weighted by atomic mass is 79.9. The van der Waals surface area contributed by atoms with Crippen LogP contribution >= 0.6 is 15.9 Å². The minimum Gasteiger partial charge on any atom is -0.423 e.